The summed E-state index contributed by atoms with van der Waals surface area (Å²) in [5.74, 6) is -0.324. The number of hydrogen-bond acceptors (Lipinski definition) is 4. The van der Waals surface area contributed by atoms with Crippen molar-refractivity contribution in [2.24, 2.45) is 14.1 Å². The normalized spacial score (nSPS) is 12.2. The topological polar surface area (TPSA) is 73.1 Å². The van der Waals surface area contributed by atoms with Crippen molar-refractivity contribution in [2.45, 2.75) is 13.0 Å². The fourth-order valence-corrected chi connectivity index (χ4v) is 3.64. The maximum atomic E-state index is 12.5. The number of rotatable bonds is 5. The van der Waals surface area contributed by atoms with E-state index >= 15 is 0 Å². The predicted octanol–water partition coefficient (Wildman–Crippen LogP) is 2.37. The van der Waals surface area contributed by atoms with E-state index in [1.54, 1.807) is 18.4 Å². The Hall–Kier alpha value is -3.19. The summed E-state index contributed by atoms with van der Waals surface area (Å²) >= 11 is 1.56. The van der Waals surface area contributed by atoms with Crippen molar-refractivity contribution < 1.29 is 4.79 Å². The van der Waals surface area contributed by atoms with Crippen LogP contribution in [-0.2, 0) is 18.9 Å². The second-order valence-electron chi connectivity index (χ2n) is 6.54. The number of hydrogen-bond donors (Lipinski definition) is 1. The monoisotopic (exact) mass is 395 g/mol. The van der Waals surface area contributed by atoms with Gasteiger partial charge in [0.2, 0.25) is 5.91 Å². The lowest BCUT2D eigenvalue weighted by atomic mass is 10.0. The Morgan fingerprint density at radius 1 is 1.14 bits per heavy atom. The first kappa shape index (κ1) is 19.6. The van der Waals surface area contributed by atoms with Gasteiger partial charge in [-0.1, -0.05) is 35.9 Å². The summed E-state index contributed by atoms with van der Waals surface area (Å²) in [7, 11) is 2.97. The molecule has 0 unspecified atom stereocenters. The maximum absolute atomic E-state index is 12.5. The number of nitrogens with zero attached hydrogens (tertiary/aromatic N) is 2. The number of aryl methyl sites for hydroxylation is 2. The highest BCUT2D eigenvalue weighted by atomic mass is 32.1. The summed E-state index contributed by atoms with van der Waals surface area (Å²) in [5, 5.41) is 4.96. The van der Waals surface area contributed by atoms with Gasteiger partial charge in [0.25, 0.3) is 5.56 Å². The lowest BCUT2D eigenvalue weighted by Gasteiger charge is -2.17. The first-order chi connectivity index (χ1) is 13.4. The summed E-state index contributed by atoms with van der Waals surface area (Å²) in [6.45, 7) is 2.01. The molecule has 0 saturated carbocycles. The van der Waals surface area contributed by atoms with E-state index in [2.05, 4.69) is 5.32 Å². The average Bonchev–Trinajstić information content (AvgIpc) is 3.21. The molecular weight excluding hydrogens is 374 g/mol. The minimum atomic E-state index is -0.444. The minimum absolute atomic E-state index is 0.266. The van der Waals surface area contributed by atoms with Crippen molar-refractivity contribution >= 4 is 23.3 Å². The second kappa shape index (κ2) is 8.22. The van der Waals surface area contributed by atoms with Crippen LogP contribution in [0.15, 0.2) is 63.6 Å². The predicted molar refractivity (Wildman–Crippen MR) is 111 cm³/mol. The third-order valence-electron chi connectivity index (χ3n) is 4.41. The standard InChI is InChI=1S/C21H21N3O3S/c1-14-6-8-15(9-7-14)19(17-5-4-12-28-17)22-18(25)11-10-16-13-23(2)21(27)24(3)20(16)26/h4-13,19H,1-3H3,(H,22,25)/b11-10+/t19-/m0/s1. The Morgan fingerprint density at radius 3 is 2.50 bits per heavy atom. The summed E-state index contributed by atoms with van der Waals surface area (Å²) < 4.78 is 2.32. The molecule has 0 spiro atoms. The van der Waals surface area contributed by atoms with Gasteiger partial charge in [-0.2, -0.15) is 0 Å². The van der Waals surface area contributed by atoms with Crippen molar-refractivity contribution in [3.05, 3.63) is 96.5 Å². The van der Waals surface area contributed by atoms with Crippen LogP contribution in [0, 0.1) is 6.92 Å². The molecule has 0 aliphatic carbocycles. The van der Waals surface area contributed by atoms with Gasteiger partial charge in [-0.25, -0.2) is 4.79 Å². The lowest BCUT2D eigenvalue weighted by molar-refractivity contribution is -0.116. The average molecular weight is 395 g/mol. The van der Waals surface area contributed by atoms with E-state index in [9.17, 15) is 14.4 Å². The van der Waals surface area contributed by atoms with Crippen molar-refractivity contribution in [1.82, 2.24) is 14.5 Å². The number of thiophene rings is 1. The molecule has 0 aliphatic heterocycles. The van der Waals surface area contributed by atoms with E-state index in [1.165, 1.54) is 30.0 Å². The van der Waals surface area contributed by atoms with Crippen LogP contribution in [0.1, 0.15) is 27.6 Å². The Balaban J connectivity index is 1.85. The van der Waals surface area contributed by atoms with Crippen molar-refractivity contribution in [3.8, 4) is 0 Å². The van der Waals surface area contributed by atoms with E-state index in [0.29, 0.717) is 0 Å². The van der Waals surface area contributed by atoms with Gasteiger partial charge in [0.15, 0.2) is 0 Å². The van der Waals surface area contributed by atoms with Gasteiger partial charge in [0.1, 0.15) is 0 Å². The molecule has 0 radical (unpaired) electrons. The molecule has 1 amide bonds. The molecule has 2 heterocycles. The number of benzene rings is 1. The van der Waals surface area contributed by atoms with Crippen LogP contribution in [0.4, 0.5) is 0 Å². The minimum Gasteiger partial charge on any atom is -0.341 e. The number of nitrogens with one attached hydrogen (secondary N) is 1. The second-order valence-corrected chi connectivity index (χ2v) is 7.52. The largest absolute Gasteiger partial charge is 0.341 e. The number of amides is 1. The summed E-state index contributed by atoms with van der Waals surface area (Å²) in [5.41, 5.74) is 1.53. The van der Waals surface area contributed by atoms with Crippen LogP contribution < -0.4 is 16.6 Å². The molecule has 3 aromatic rings. The van der Waals surface area contributed by atoms with Gasteiger partial charge in [-0.05, 0) is 30.0 Å². The molecule has 0 aliphatic rings. The molecule has 144 valence electrons. The Morgan fingerprint density at radius 2 is 1.86 bits per heavy atom. The van der Waals surface area contributed by atoms with Crippen molar-refractivity contribution in [2.75, 3.05) is 0 Å². The van der Waals surface area contributed by atoms with Gasteiger partial charge < -0.3 is 9.88 Å². The SMILES string of the molecule is Cc1ccc([C@H](NC(=O)/C=C/c2cn(C)c(=O)n(C)c2=O)c2cccs2)cc1. The lowest BCUT2D eigenvalue weighted by Crippen LogP contribution is -2.37. The highest BCUT2D eigenvalue weighted by Gasteiger charge is 2.17. The molecule has 6 nitrogen and oxygen atoms in total. The van der Waals surface area contributed by atoms with E-state index in [-0.39, 0.29) is 17.5 Å². The third kappa shape index (κ3) is 4.20. The molecule has 0 fully saturated rings. The number of aromatic nitrogens is 2. The highest BCUT2D eigenvalue weighted by molar-refractivity contribution is 7.10. The third-order valence-corrected chi connectivity index (χ3v) is 5.35. The van der Waals surface area contributed by atoms with Crippen LogP contribution in [0.3, 0.4) is 0 Å². The van der Waals surface area contributed by atoms with Gasteiger partial charge in [0, 0.05) is 31.2 Å². The quantitative estimate of drug-likeness (QED) is 0.674. The number of carbonyl (C=O) groups is 1. The maximum Gasteiger partial charge on any atom is 0.330 e. The molecule has 0 saturated heterocycles. The fourth-order valence-electron chi connectivity index (χ4n) is 2.84. The van der Waals surface area contributed by atoms with E-state index in [1.807, 2.05) is 48.7 Å². The molecule has 1 atom stereocenters. The molecule has 0 bridgehead atoms. The summed E-state index contributed by atoms with van der Waals surface area (Å²) in [6.07, 6.45) is 4.17. The zero-order chi connectivity index (χ0) is 20.3. The molecule has 1 aromatic carbocycles. The molecule has 1 N–H and O–H groups in total. The first-order valence-electron chi connectivity index (χ1n) is 8.72. The zero-order valence-electron chi connectivity index (χ0n) is 15.9. The van der Waals surface area contributed by atoms with Gasteiger partial charge in [0.05, 0.1) is 11.6 Å². The van der Waals surface area contributed by atoms with Gasteiger partial charge in [-0.15, -0.1) is 11.3 Å². The van der Waals surface area contributed by atoms with E-state index in [0.717, 1.165) is 20.6 Å². The first-order valence-corrected chi connectivity index (χ1v) is 9.60. The molecular formula is C21H21N3O3S. The zero-order valence-corrected chi connectivity index (χ0v) is 16.7. The molecule has 3 rings (SSSR count). The highest BCUT2D eigenvalue weighted by Crippen LogP contribution is 2.26. The Kier molecular flexibility index (Phi) is 5.75. The smallest absolute Gasteiger partial charge is 0.330 e. The van der Waals surface area contributed by atoms with E-state index < -0.39 is 11.2 Å². The molecule has 28 heavy (non-hydrogen) atoms. The van der Waals surface area contributed by atoms with Gasteiger partial charge in [-0.3, -0.25) is 14.2 Å². The van der Waals surface area contributed by atoms with Crippen LogP contribution in [0.2, 0.25) is 0 Å². The molecule has 2 aromatic heterocycles. The Bertz CT molecular complexity index is 1120. The summed E-state index contributed by atoms with van der Waals surface area (Å²) in [4.78, 5) is 37.5. The van der Waals surface area contributed by atoms with Crippen LogP contribution in [0.25, 0.3) is 6.08 Å². The molecule has 7 heteroatoms. The van der Waals surface area contributed by atoms with Crippen molar-refractivity contribution in [3.63, 3.8) is 0 Å². The number of carbonyl (C=O) groups excluding carboxylic acids is 1. The van der Waals surface area contributed by atoms with Crippen LogP contribution >= 0.6 is 11.3 Å². The fraction of sp³-hybridized carbons (Fsp3) is 0.190. The van der Waals surface area contributed by atoms with Crippen LogP contribution in [0.5, 0.6) is 0 Å². The van der Waals surface area contributed by atoms with Crippen molar-refractivity contribution in [1.29, 1.82) is 0 Å². The van der Waals surface area contributed by atoms with Gasteiger partial charge >= 0.3 is 5.69 Å². The van der Waals surface area contributed by atoms with E-state index in [4.69, 9.17) is 0 Å². The summed E-state index contributed by atoms with van der Waals surface area (Å²) in [6, 6.07) is 11.6. The van der Waals surface area contributed by atoms with Crippen LogP contribution in [-0.4, -0.2) is 15.0 Å². The Labute approximate surface area is 166 Å².